The maximum absolute atomic E-state index is 12.0. The van der Waals surface area contributed by atoms with Crippen LogP contribution in [0.15, 0.2) is 64.8 Å². The Morgan fingerprint density at radius 3 is 2.96 bits per heavy atom. The lowest BCUT2D eigenvalue weighted by molar-refractivity contribution is 0.0954. The normalized spacial score (nSPS) is 11.0. The van der Waals surface area contributed by atoms with Gasteiger partial charge in [0.2, 0.25) is 5.56 Å². The van der Waals surface area contributed by atoms with Crippen LogP contribution in [0, 0.1) is 0 Å². The lowest BCUT2D eigenvalue weighted by atomic mass is 10.1. The Morgan fingerprint density at radius 2 is 2.13 bits per heavy atom. The molecule has 0 saturated heterocycles. The van der Waals surface area contributed by atoms with E-state index in [1.165, 1.54) is 22.9 Å². The summed E-state index contributed by atoms with van der Waals surface area (Å²) >= 11 is 0. The summed E-state index contributed by atoms with van der Waals surface area (Å²) in [7, 11) is 1.59. The molecule has 0 atom stereocenters. The average Bonchev–Trinajstić information content (AvgIpc) is 2.57. The minimum atomic E-state index is -0.376. The lowest BCUT2D eigenvalue weighted by Crippen LogP contribution is -2.22. The van der Waals surface area contributed by atoms with E-state index >= 15 is 0 Å². The van der Waals surface area contributed by atoms with Gasteiger partial charge < -0.3 is 4.57 Å². The minimum Gasteiger partial charge on any atom is -0.318 e. The average molecular weight is 306 g/mol. The van der Waals surface area contributed by atoms with E-state index in [1.807, 2.05) is 30.3 Å². The van der Waals surface area contributed by atoms with Gasteiger partial charge in [-0.2, -0.15) is 5.10 Å². The maximum atomic E-state index is 12.0. The molecule has 0 fully saturated rings. The molecule has 0 aliphatic heterocycles. The standard InChI is InChI=1S/C17H14N4O2/c1-21-11-14(5-7-16(21)22)17(23)20-19-10-12-4-6-15-13(9-12)3-2-8-18-15/h2-11H,1H3,(H,20,23)/b19-10-. The second-order valence-electron chi connectivity index (χ2n) is 5.02. The number of nitrogens with zero attached hydrogens (tertiary/aromatic N) is 3. The van der Waals surface area contributed by atoms with Crippen molar-refractivity contribution in [1.29, 1.82) is 0 Å². The van der Waals surface area contributed by atoms with Gasteiger partial charge in [0, 0.05) is 30.9 Å². The molecule has 2 heterocycles. The van der Waals surface area contributed by atoms with Crippen molar-refractivity contribution in [2.75, 3.05) is 0 Å². The van der Waals surface area contributed by atoms with Gasteiger partial charge in [-0.05, 0) is 29.8 Å². The number of hydrogen-bond donors (Lipinski definition) is 1. The number of aromatic nitrogens is 2. The number of hydrogen-bond acceptors (Lipinski definition) is 4. The van der Waals surface area contributed by atoms with Gasteiger partial charge >= 0.3 is 0 Å². The van der Waals surface area contributed by atoms with Crippen molar-refractivity contribution in [3.8, 4) is 0 Å². The number of carbonyl (C=O) groups is 1. The highest BCUT2D eigenvalue weighted by atomic mass is 16.2. The summed E-state index contributed by atoms with van der Waals surface area (Å²) in [6.45, 7) is 0. The number of fused-ring (bicyclic) bond motifs is 1. The van der Waals surface area contributed by atoms with E-state index in [1.54, 1.807) is 19.5 Å². The SMILES string of the molecule is Cn1cc(C(=O)N/N=C\c2ccc3ncccc3c2)ccc1=O. The largest absolute Gasteiger partial charge is 0.318 e. The van der Waals surface area contributed by atoms with Gasteiger partial charge in [0.1, 0.15) is 0 Å². The molecule has 114 valence electrons. The number of rotatable bonds is 3. The highest BCUT2D eigenvalue weighted by molar-refractivity contribution is 5.95. The molecular formula is C17H14N4O2. The van der Waals surface area contributed by atoms with Crippen molar-refractivity contribution in [2.24, 2.45) is 12.1 Å². The Hall–Kier alpha value is -3.28. The van der Waals surface area contributed by atoms with Crippen LogP contribution in [0.1, 0.15) is 15.9 Å². The molecule has 1 amide bonds. The number of benzene rings is 1. The second kappa shape index (κ2) is 6.23. The molecule has 0 saturated carbocycles. The first kappa shape index (κ1) is 14.6. The molecule has 3 aromatic rings. The first-order valence-corrected chi connectivity index (χ1v) is 6.98. The zero-order valence-electron chi connectivity index (χ0n) is 12.4. The Kier molecular flexibility index (Phi) is 3.97. The van der Waals surface area contributed by atoms with Gasteiger partial charge in [-0.1, -0.05) is 12.1 Å². The van der Waals surface area contributed by atoms with Crippen LogP contribution in [-0.2, 0) is 7.05 Å². The first-order chi connectivity index (χ1) is 11.1. The van der Waals surface area contributed by atoms with E-state index in [2.05, 4.69) is 15.5 Å². The van der Waals surface area contributed by atoms with E-state index in [0.717, 1.165) is 16.5 Å². The Balaban J connectivity index is 1.73. The van der Waals surface area contributed by atoms with E-state index in [0.29, 0.717) is 5.56 Å². The molecule has 0 radical (unpaired) electrons. The van der Waals surface area contributed by atoms with Crippen LogP contribution in [0.5, 0.6) is 0 Å². The summed E-state index contributed by atoms with van der Waals surface area (Å²) in [6.07, 6.45) is 4.77. The van der Waals surface area contributed by atoms with Crippen LogP contribution < -0.4 is 11.0 Å². The predicted molar refractivity (Wildman–Crippen MR) is 88.5 cm³/mol. The fourth-order valence-corrected chi connectivity index (χ4v) is 2.13. The molecule has 1 N–H and O–H groups in total. The molecule has 6 heteroatoms. The smallest absolute Gasteiger partial charge is 0.272 e. The summed E-state index contributed by atoms with van der Waals surface area (Å²) in [4.78, 5) is 27.5. The van der Waals surface area contributed by atoms with Gasteiger partial charge in [-0.3, -0.25) is 14.6 Å². The summed E-state index contributed by atoms with van der Waals surface area (Å²) in [5, 5.41) is 4.95. The second-order valence-corrected chi connectivity index (χ2v) is 5.02. The number of aryl methyl sites for hydroxylation is 1. The van der Waals surface area contributed by atoms with Gasteiger partial charge in [-0.15, -0.1) is 0 Å². The highest BCUT2D eigenvalue weighted by Crippen LogP contribution is 2.11. The molecule has 1 aromatic carbocycles. The van der Waals surface area contributed by atoms with Gasteiger partial charge in [0.15, 0.2) is 0 Å². The third kappa shape index (κ3) is 3.32. The van der Waals surface area contributed by atoms with Gasteiger partial charge in [0.25, 0.3) is 5.91 Å². The minimum absolute atomic E-state index is 0.171. The Labute approximate surface area is 132 Å². The number of amides is 1. The number of hydrazone groups is 1. The summed E-state index contributed by atoms with van der Waals surface area (Å²) in [5.41, 5.74) is 4.39. The summed E-state index contributed by atoms with van der Waals surface area (Å²) in [5.74, 6) is -0.376. The molecule has 0 unspecified atom stereocenters. The van der Waals surface area contributed by atoms with Gasteiger partial charge in [-0.25, -0.2) is 5.43 Å². The number of carbonyl (C=O) groups excluding carboxylic acids is 1. The van der Waals surface area contributed by atoms with Crippen LogP contribution in [0.4, 0.5) is 0 Å². The van der Waals surface area contributed by atoms with Crippen LogP contribution in [0.2, 0.25) is 0 Å². The van der Waals surface area contributed by atoms with Crippen molar-refractivity contribution in [3.05, 3.63) is 76.3 Å². The first-order valence-electron chi connectivity index (χ1n) is 6.98. The number of nitrogens with one attached hydrogen (secondary N) is 1. The molecule has 0 bridgehead atoms. The van der Waals surface area contributed by atoms with Crippen LogP contribution in [0.3, 0.4) is 0 Å². The molecule has 0 spiro atoms. The molecule has 0 aliphatic carbocycles. The van der Waals surface area contributed by atoms with E-state index < -0.39 is 0 Å². The Bertz CT molecular complexity index is 960. The van der Waals surface area contributed by atoms with Crippen molar-refractivity contribution in [2.45, 2.75) is 0 Å². The van der Waals surface area contributed by atoms with Crippen LogP contribution >= 0.6 is 0 Å². The number of pyridine rings is 2. The molecule has 23 heavy (non-hydrogen) atoms. The lowest BCUT2D eigenvalue weighted by Gasteiger charge is -2.02. The predicted octanol–water partition coefficient (Wildman–Crippen LogP) is 1.70. The molecule has 0 aliphatic rings. The van der Waals surface area contributed by atoms with Crippen LogP contribution in [0.25, 0.3) is 10.9 Å². The quantitative estimate of drug-likeness (QED) is 0.591. The van der Waals surface area contributed by atoms with Crippen molar-refractivity contribution in [3.63, 3.8) is 0 Å². The zero-order chi connectivity index (χ0) is 16.2. The summed E-state index contributed by atoms with van der Waals surface area (Å²) < 4.78 is 1.34. The third-order valence-corrected chi connectivity index (χ3v) is 3.35. The fourth-order valence-electron chi connectivity index (χ4n) is 2.13. The molecular weight excluding hydrogens is 292 g/mol. The fraction of sp³-hybridized carbons (Fsp3) is 0.0588. The monoisotopic (exact) mass is 306 g/mol. The molecule has 2 aromatic heterocycles. The third-order valence-electron chi connectivity index (χ3n) is 3.35. The van der Waals surface area contributed by atoms with E-state index in [9.17, 15) is 9.59 Å². The van der Waals surface area contributed by atoms with Crippen molar-refractivity contribution < 1.29 is 4.79 Å². The highest BCUT2D eigenvalue weighted by Gasteiger charge is 2.04. The maximum Gasteiger partial charge on any atom is 0.272 e. The topological polar surface area (TPSA) is 76.3 Å². The van der Waals surface area contributed by atoms with Crippen molar-refractivity contribution >= 4 is 23.0 Å². The van der Waals surface area contributed by atoms with Gasteiger partial charge in [0.05, 0.1) is 17.3 Å². The zero-order valence-corrected chi connectivity index (χ0v) is 12.4. The van der Waals surface area contributed by atoms with Crippen molar-refractivity contribution in [1.82, 2.24) is 15.0 Å². The Morgan fingerprint density at radius 1 is 1.26 bits per heavy atom. The van der Waals surface area contributed by atoms with E-state index in [-0.39, 0.29) is 11.5 Å². The summed E-state index contributed by atoms with van der Waals surface area (Å²) in [6, 6.07) is 12.3. The molecule has 6 nitrogen and oxygen atoms in total. The van der Waals surface area contributed by atoms with Crippen LogP contribution in [-0.4, -0.2) is 21.7 Å². The molecule has 3 rings (SSSR count). The van der Waals surface area contributed by atoms with E-state index in [4.69, 9.17) is 0 Å².